The Kier molecular flexibility index (Phi) is 3.10. The number of urea groups is 1. The molecule has 4 aliphatic rings. The van der Waals surface area contributed by atoms with Gasteiger partial charge in [0.15, 0.2) is 0 Å². The second kappa shape index (κ2) is 4.87. The van der Waals surface area contributed by atoms with Gasteiger partial charge in [0, 0.05) is 37.8 Å². The van der Waals surface area contributed by atoms with Crippen molar-refractivity contribution in [1.29, 1.82) is 0 Å². The van der Waals surface area contributed by atoms with E-state index in [0.717, 1.165) is 32.5 Å². The number of rotatable bonds is 1. The number of hydrogen-bond acceptors (Lipinski definition) is 3. The van der Waals surface area contributed by atoms with E-state index in [0.29, 0.717) is 12.5 Å². The highest BCUT2D eigenvalue weighted by molar-refractivity contribution is 5.79. The summed E-state index contributed by atoms with van der Waals surface area (Å²) in [5, 5.41) is 9.31. The Morgan fingerprint density at radius 1 is 1.00 bits per heavy atom. The van der Waals surface area contributed by atoms with Crippen LogP contribution < -0.4 is 0 Å². The lowest BCUT2D eigenvalue weighted by atomic mass is 9.89. The molecule has 0 aliphatic carbocycles. The van der Waals surface area contributed by atoms with Gasteiger partial charge < -0.3 is 14.9 Å². The Labute approximate surface area is 124 Å². The molecule has 21 heavy (non-hydrogen) atoms. The number of hydrogen-bond donors (Lipinski definition) is 1. The number of aliphatic carboxylic acids is 1. The summed E-state index contributed by atoms with van der Waals surface area (Å²) in [5.41, 5.74) is 0. The van der Waals surface area contributed by atoms with Gasteiger partial charge in [0.25, 0.3) is 0 Å². The first kappa shape index (κ1) is 13.4. The molecule has 0 radical (unpaired) electrons. The third kappa shape index (κ3) is 2.03. The highest BCUT2D eigenvalue weighted by Crippen LogP contribution is 2.42. The molecule has 116 valence electrons. The smallest absolute Gasteiger partial charge is 0.320 e. The van der Waals surface area contributed by atoms with Gasteiger partial charge in [0.2, 0.25) is 0 Å². The molecule has 0 aromatic heterocycles. The van der Waals surface area contributed by atoms with Crippen LogP contribution in [0, 0.1) is 5.92 Å². The molecule has 4 aliphatic heterocycles. The van der Waals surface area contributed by atoms with Crippen LogP contribution in [-0.2, 0) is 4.79 Å². The van der Waals surface area contributed by atoms with Crippen LogP contribution in [0.3, 0.4) is 0 Å². The van der Waals surface area contributed by atoms with Gasteiger partial charge in [-0.1, -0.05) is 0 Å². The predicted octanol–water partition coefficient (Wildman–Crippen LogP) is 0.824. The van der Waals surface area contributed by atoms with E-state index in [4.69, 9.17) is 0 Å². The molecule has 4 rings (SSSR count). The number of carboxylic acids is 1. The lowest BCUT2D eigenvalue weighted by Gasteiger charge is -2.40. The van der Waals surface area contributed by atoms with E-state index < -0.39 is 5.97 Å². The van der Waals surface area contributed by atoms with E-state index in [1.807, 2.05) is 9.80 Å². The number of carbonyl (C=O) groups is 2. The number of carboxylic acid groups (broad SMARTS) is 1. The first-order valence-electron chi connectivity index (χ1n) is 8.19. The molecular weight excluding hydrogens is 270 g/mol. The maximum absolute atomic E-state index is 12.9. The van der Waals surface area contributed by atoms with E-state index in [9.17, 15) is 14.7 Å². The average molecular weight is 293 g/mol. The lowest BCUT2D eigenvalue weighted by Crippen LogP contribution is -2.56. The zero-order valence-electron chi connectivity index (χ0n) is 12.3. The summed E-state index contributed by atoms with van der Waals surface area (Å²) in [7, 11) is 0. The van der Waals surface area contributed by atoms with Crippen molar-refractivity contribution in [1.82, 2.24) is 14.7 Å². The van der Waals surface area contributed by atoms with Crippen molar-refractivity contribution in [3.63, 3.8) is 0 Å². The van der Waals surface area contributed by atoms with E-state index in [2.05, 4.69) is 4.90 Å². The molecule has 2 bridgehead atoms. The zero-order chi connectivity index (χ0) is 14.6. The van der Waals surface area contributed by atoms with Crippen molar-refractivity contribution in [2.75, 3.05) is 26.2 Å². The van der Waals surface area contributed by atoms with Gasteiger partial charge in [-0.05, 0) is 38.6 Å². The lowest BCUT2D eigenvalue weighted by molar-refractivity contribution is -0.142. The summed E-state index contributed by atoms with van der Waals surface area (Å²) in [6.07, 6.45) is 4.91. The minimum atomic E-state index is -0.736. The van der Waals surface area contributed by atoms with Gasteiger partial charge in [-0.15, -0.1) is 0 Å². The summed E-state index contributed by atoms with van der Waals surface area (Å²) < 4.78 is 0. The SMILES string of the molecule is O=C(O)C1CC2CCC1N2C(=O)N1CCN2CCCC2C1. The van der Waals surface area contributed by atoms with Crippen LogP contribution in [0.1, 0.15) is 32.1 Å². The van der Waals surface area contributed by atoms with E-state index in [1.54, 1.807) is 0 Å². The molecule has 0 saturated carbocycles. The standard InChI is InChI=1S/C15H23N3O3/c19-14(20)12-8-10-3-4-13(12)18(10)15(21)17-7-6-16-5-1-2-11(16)9-17/h10-13H,1-9H2,(H,19,20). The minimum absolute atomic E-state index is 0.0680. The van der Waals surface area contributed by atoms with Gasteiger partial charge in [-0.3, -0.25) is 9.69 Å². The number of piperazine rings is 1. The Bertz CT molecular complexity index is 469. The van der Waals surface area contributed by atoms with Gasteiger partial charge in [0.1, 0.15) is 0 Å². The fourth-order valence-corrected chi connectivity index (χ4v) is 4.88. The highest BCUT2D eigenvalue weighted by Gasteiger charge is 2.52. The molecule has 0 aromatic carbocycles. The normalized spacial score (nSPS) is 38.9. The van der Waals surface area contributed by atoms with Crippen LogP contribution in [-0.4, -0.2) is 76.1 Å². The van der Waals surface area contributed by atoms with Crippen molar-refractivity contribution in [3.05, 3.63) is 0 Å². The molecule has 4 atom stereocenters. The molecule has 2 amide bonds. The quantitative estimate of drug-likeness (QED) is 0.777. The van der Waals surface area contributed by atoms with Crippen molar-refractivity contribution in [2.45, 2.75) is 50.2 Å². The third-order valence-electron chi connectivity index (χ3n) is 5.93. The number of fused-ring (bicyclic) bond motifs is 3. The minimum Gasteiger partial charge on any atom is -0.481 e. The topological polar surface area (TPSA) is 64.1 Å². The van der Waals surface area contributed by atoms with Crippen LogP contribution in [0.5, 0.6) is 0 Å². The van der Waals surface area contributed by atoms with Crippen LogP contribution in [0.2, 0.25) is 0 Å². The summed E-state index contributed by atoms with van der Waals surface area (Å²) in [6.45, 7) is 3.76. The molecule has 6 nitrogen and oxygen atoms in total. The largest absolute Gasteiger partial charge is 0.481 e. The van der Waals surface area contributed by atoms with Crippen LogP contribution >= 0.6 is 0 Å². The number of nitrogens with zero attached hydrogens (tertiary/aromatic N) is 3. The Morgan fingerprint density at radius 2 is 1.86 bits per heavy atom. The Morgan fingerprint density at radius 3 is 2.62 bits per heavy atom. The number of carbonyl (C=O) groups excluding carboxylic acids is 1. The van der Waals surface area contributed by atoms with Crippen LogP contribution in [0.4, 0.5) is 4.79 Å². The molecule has 0 aromatic rings. The summed E-state index contributed by atoms with van der Waals surface area (Å²) in [5.74, 6) is -1.08. The first-order chi connectivity index (χ1) is 10.1. The van der Waals surface area contributed by atoms with Crippen molar-refractivity contribution in [2.24, 2.45) is 5.92 Å². The molecule has 0 spiro atoms. The molecule has 4 unspecified atom stereocenters. The molecule has 4 fully saturated rings. The highest BCUT2D eigenvalue weighted by atomic mass is 16.4. The Hall–Kier alpha value is -1.30. The molecule has 1 N–H and O–H groups in total. The molecule has 4 saturated heterocycles. The van der Waals surface area contributed by atoms with Crippen molar-refractivity contribution < 1.29 is 14.7 Å². The zero-order valence-corrected chi connectivity index (χ0v) is 12.3. The predicted molar refractivity (Wildman–Crippen MR) is 76.0 cm³/mol. The summed E-state index contributed by atoms with van der Waals surface area (Å²) in [6, 6.07) is 0.711. The second-order valence-corrected chi connectivity index (χ2v) is 6.95. The van der Waals surface area contributed by atoms with Crippen LogP contribution in [0.25, 0.3) is 0 Å². The maximum atomic E-state index is 12.9. The average Bonchev–Trinajstić information content (AvgIpc) is 3.19. The van der Waals surface area contributed by atoms with E-state index >= 15 is 0 Å². The number of amides is 2. The monoisotopic (exact) mass is 293 g/mol. The maximum Gasteiger partial charge on any atom is 0.320 e. The Balaban J connectivity index is 1.47. The fourth-order valence-electron chi connectivity index (χ4n) is 4.88. The molecular formula is C15H23N3O3. The third-order valence-corrected chi connectivity index (χ3v) is 5.93. The first-order valence-corrected chi connectivity index (χ1v) is 8.19. The summed E-state index contributed by atoms with van der Waals surface area (Å²) >= 11 is 0. The van der Waals surface area contributed by atoms with Crippen molar-refractivity contribution >= 4 is 12.0 Å². The van der Waals surface area contributed by atoms with Crippen LogP contribution in [0.15, 0.2) is 0 Å². The molecule has 4 heterocycles. The van der Waals surface area contributed by atoms with Gasteiger partial charge in [0.05, 0.1) is 5.92 Å². The van der Waals surface area contributed by atoms with Gasteiger partial charge >= 0.3 is 12.0 Å². The van der Waals surface area contributed by atoms with Gasteiger partial charge in [-0.25, -0.2) is 4.79 Å². The van der Waals surface area contributed by atoms with Crippen molar-refractivity contribution in [3.8, 4) is 0 Å². The fraction of sp³-hybridized carbons (Fsp3) is 0.867. The van der Waals surface area contributed by atoms with Gasteiger partial charge in [-0.2, -0.15) is 0 Å². The molecule has 6 heteroatoms. The van der Waals surface area contributed by atoms with E-state index in [1.165, 1.54) is 19.4 Å². The second-order valence-electron chi connectivity index (χ2n) is 6.95. The summed E-state index contributed by atoms with van der Waals surface area (Å²) in [4.78, 5) is 30.6. The van der Waals surface area contributed by atoms with E-state index in [-0.39, 0.29) is 24.0 Å².